The minimum atomic E-state index is -4.36. The third-order valence-corrected chi connectivity index (χ3v) is 2.22. The monoisotopic (exact) mass is 282 g/mol. The minimum Gasteiger partial charge on any atom is -0.476 e. The number of hydrogen-bond donors (Lipinski definition) is 2. The lowest BCUT2D eigenvalue weighted by Crippen LogP contribution is -2.38. The van der Waals surface area contributed by atoms with Gasteiger partial charge in [0.15, 0.2) is 5.69 Å². The highest BCUT2D eigenvalue weighted by molar-refractivity contribution is 5.84. The SMILES string of the molecule is O=C(O)c1cn(CCN(CCO)CC(F)(F)F)nn1. The fraction of sp³-hybridized carbons (Fsp3) is 0.667. The third-order valence-electron chi connectivity index (χ3n) is 2.22. The Morgan fingerprint density at radius 2 is 2.11 bits per heavy atom. The molecule has 1 heterocycles. The van der Waals surface area contributed by atoms with Crippen LogP contribution in [0, 0.1) is 0 Å². The van der Waals surface area contributed by atoms with Gasteiger partial charge in [-0.3, -0.25) is 9.58 Å². The van der Waals surface area contributed by atoms with E-state index in [1.807, 2.05) is 0 Å². The van der Waals surface area contributed by atoms with Crippen LogP contribution in [0.5, 0.6) is 0 Å². The molecule has 0 bridgehead atoms. The maximum Gasteiger partial charge on any atom is 0.401 e. The van der Waals surface area contributed by atoms with Gasteiger partial charge < -0.3 is 10.2 Å². The summed E-state index contributed by atoms with van der Waals surface area (Å²) in [6, 6.07) is 0. The molecule has 0 spiro atoms. The number of aromatic nitrogens is 3. The van der Waals surface area contributed by atoms with E-state index in [0.29, 0.717) is 0 Å². The summed E-state index contributed by atoms with van der Waals surface area (Å²) < 4.78 is 37.8. The van der Waals surface area contributed by atoms with Crippen molar-refractivity contribution in [3.05, 3.63) is 11.9 Å². The molecule has 2 N–H and O–H groups in total. The van der Waals surface area contributed by atoms with Gasteiger partial charge in [0.05, 0.1) is 25.9 Å². The van der Waals surface area contributed by atoms with Gasteiger partial charge in [-0.25, -0.2) is 4.79 Å². The molecule has 10 heteroatoms. The lowest BCUT2D eigenvalue weighted by Gasteiger charge is -2.22. The van der Waals surface area contributed by atoms with Crippen LogP contribution in [0.3, 0.4) is 0 Å². The van der Waals surface area contributed by atoms with E-state index in [9.17, 15) is 18.0 Å². The summed E-state index contributed by atoms with van der Waals surface area (Å²) in [5, 5.41) is 24.1. The Morgan fingerprint density at radius 3 is 2.58 bits per heavy atom. The molecular weight excluding hydrogens is 269 g/mol. The summed E-state index contributed by atoms with van der Waals surface area (Å²) in [4.78, 5) is 11.5. The van der Waals surface area contributed by atoms with Crippen molar-refractivity contribution in [3.8, 4) is 0 Å². The van der Waals surface area contributed by atoms with Crippen LogP contribution in [0.25, 0.3) is 0 Å². The van der Waals surface area contributed by atoms with Crippen molar-refractivity contribution < 1.29 is 28.2 Å². The highest BCUT2D eigenvalue weighted by atomic mass is 19.4. The smallest absolute Gasteiger partial charge is 0.401 e. The Morgan fingerprint density at radius 1 is 1.42 bits per heavy atom. The lowest BCUT2D eigenvalue weighted by molar-refractivity contribution is -0.147. The lowest BCUT2D eigenvalue weighted by atomic mass is 10.4. The molecule has 0 aromatic carbocycles. The van der Waals surface area contributed by atoms with Crippen molar-refractivity contribution in [1.82, 2.24) is 19.9 Å². The molecule has 1 aromatic rings. The summed E-state index contributed by atoms with van der Waals surface area (Å²) in [7, 11) is 0. The Hall–Kier alpha value is -1.68. The van der Waals surface area contributed by atoms with Crippen LogP contribution in [-0.4, -0.2) is 68.5 Å². The number of halogens is 3. The Bertz CT molecular complexity index is 421. The average Bonchev–Trinajstić information content (AvgIpc) is 2.73. The summed E-state index contributed by atoms with van der Waals surface area (Å²) in [6.07, 6.45) is -3.23. The minimum absolute atomic E-state index is 0.0253. The van der Waals surface area contributed by atoms with Crippen molar-refractivity contribution in [2.45, 2.75) is 12.7 Å². The first-order chi connectivity index (χ1) is 8.81. The van der Waals surface area contributed by atoms with Crippen molar-refractivity contribution in [2.75, 3.05) is 26.2 Å². The summed E-state index contributed by atoms with van der Waals surface area (Å²) in [6.45, 7) is -1.64. The molecule has 0 fully saturated rings. The summed E-state index contributed by atoms with van der Waals surface area (Å²) in [5.74, 6) is -1.26. The molecule has 0 atom stereocenters. The molecule has 0 unspecified atom stereocenters. The standard InChI is InChI=1S/C9H13F3N4O3/c10-9(11,12)6-15(3-4-17)1-2-16-5-7(8(18)19)13-14-16/h5,17H,1-4,6H2,(H,18,19). The van der Waals surface area contributed by atoms with Crippen molar-refractivity contribution >= 4 is 5.97 Å². The van der Waals surface area contributed by atoms with Crippen LogP contribution < -0.4 is 0 Å². The molecule has 0 aliphatic rings. The number of hydrogen-bond acceptors (Lipinski definition) is 5. The second-order valence-corrected chi connectivity index (χ2v) is 3.79. The maximum absolute atomic E-state index is 12.2. The van der Waals surface area contributed by atoms with E-state index in [1.54, 1.807) is 0 Å². The van der Waals surface area contributed by atoms with E-state index in [2.05, 4.69) is 10.3 Å². The van der Waals surface area contributed by atoms with Crippen LogP contribution in [-0.2, 0) is 6.54 Å². The van der Waals surface area contributed by atoms with E-state index in [-0.39, 0.29) is 25.3 Å². The largest absolute Gasteiger partial charge is 0.476 e. The number of alkyl halides is 3. The molecule has 19 heavy (non-hydrogen) atoms. The molecule has 0 saturated carbocycles. The zero-order chi connectivity index (χ0) is 14.5. The van der Waals surface area contributed by atoms with Gasteiger partial charge in [-0.1, -0.05) is 5.21 Å². The van der Waals surface area contributed by atoms with Crippen LogP contribution >= 0.6 is 0 Å². The molecule has 108 valence electrons. The quantitative estimate of drug-likeness (QED) is 0.721. The number of aliphatic hydroxyl groups excluding tert-OH is 1. The number of carboxylic acid groups (broad SMARTS) is 1. The van der Waals surface area contributed by atoms with E-state index in [4.69, 9.17) is 10.2 Å². The van der Waals surface area contributed by atoms with Crippen molar-refractivity contribution in [2.24, 2.45) is 0 Å². The van der Waals surface area contributed by atoms with Gasteiger partial charge in [0.2, 0.25) is 0 Å². The summed E-state index contributed by atoms with van der Waals surface area (Å²) >= 11 is 0. The molecule has 0 saturated heterocycles. The van der Waals surface area contributed by atoms with E-state index in [1.165, 1.54) is 0 Å². The number of aromatic carboxylic acids is 1. The second-order valence-electron chi connectivity index (χ2n) is 3.79. The van der Waals surface area contributed by atoms with Gasteiger partial charge in [-0.05, 0) is 0 Å². The first-order valence-electron chi connectivity index (χ1n) is 5.35. The van der Waals surface area contributed by atoms with Crippen LogP contribution in [0.1, 0.15) is 10.5 Å². The molecule has 0 radical (unpaired) electrons. The Kier molecular flexibility index (Phi) is 5.24. The predicted octanol–water partition coefficient (Wildman–Crippen LogP) is -0.167. The van der Waals surface area contributed by atoms with Gasteiger partial charge >= 0.3 is 12.1 Å². The Labute approximate surface area is 106 Å². The maximum atomic E-state index is 12.2. The van der Waals surface area contributed by atoms with Gasteiger partial charge in [-0.15, -0.1) is 5.10 Å². The van der Waals surface area contributed by atoms with Crippen molar-refractivity contribution in [3.63, 3.8) is 0 Å². The molecular formula is C9H13F3N4O3. The fourth-order valence-corrected chi connectivity index (χ4v) is 1.41. The number of carboxylic acids is 1. The summed E-state index contributed by atoms with van der Waals surface area (Å²) in [5.41, 5.74) is -0.274. The number of aliphatic hydroxyl groups is 1. The topological polar surface area (TPSA) is 91.5 Å². The zero-order valence-corrected chi connectivity index (χ0v) is 9.84. The molecule has 1 aromatic heterocycles. The third kappa shape index (κ3) is 5.66. The van der Waals surface area contributed by atoms with E-state index < -0.39 is 25.3 Å². The molecule has 1 rings (SSSR count). The molecule has 7 nitrogen and oxygen atoms in total. The highest BCUT2D eigenvalue weighted by Crippen LogP contribution is 2.16. The van der Waals surface area contributed by atoms with E-state index >= 15 is 0 Å². The first kappa shape index (κ1) is 15.4. The van der Waals surface area contributed by atoms with Gasteiger partial charge in [0.1, 0.15) is 0 Å². The average molecular weight is 282 g/mol. The van der Waals surface area contributed by atoms with Gasteiger partial charge in [-0.2, -0.15) is 13.2 Å². The second kappa shape index (κ2) is 6.48. The number of nitrogens with zero attached hydrogens (tertiary/aromatic N) is 4. The number of carbonyl (C=O) groups is 1. The highest BCUT2D eigenvalue weighted by Gasteiger charge is 2.30. The van der Waals surface area contributed by atoms with Gasteiger partial charge in [0, 0.05) is 13.1 Å². The normalized spacial score (nSPS) is 12.1. The first-order valence-corrected chi connectivity index (χ1v) is 5.35. The van der Waals surface area contributed by atoms with E-state index in [0.717, 1.165) is 15.8 Å². The molecule has 0 aliphatic heterocycles. The molecule has 0 amide bonds. The predicted molar refractivity (Wildman–Crippen MR) is 56.6 cm³/mol. The van der Waals surface area contributed by atoms with Crippen LogP contribution in [0.15, 0.2) is 6.20 Å². The van der Waals surface area contributed by atoms with Crippen molar-refractivity contribution in [1.29, 1.82) is 0 Å². The van der Waals surface area contributed by atoms with Crippen LogP contribution in [0.4, 0.5) is 13.2 Å². The Balaban J connectivity index is 2.52. The van der Waals surface area contributed by atoms with Crippen LogP contribution in [0.2, 0.25) is 0 Å². The van der Waals surface area contributed by atoms with Gasteiger partial charge in [0.25, 0.3) is 0 Å². The number of rotatable bonds is 7. The molecule has 0 aliphatic carbocycles. The zero-order valence-electron chi connectivity index (χ0n) is 9.84. The fourth-order valence-electron chi connectivity index (χ4n) is 1.41.